The van der Waals surface area contributed by atoms with Crippen molar-refractivity contribution in [2.24, 2.45) is 0 Å². The molecule has 0 aliphatic carbocycles. The van der Waals surface area contributed by atoms with Crippen LogP contribution in [0.1, 0.15) is 21.9 Å². The second-order valence-electron chi connectivity index (χ2n) is 7.82. The third-order valence-electron chi connectivity index (χ3n) is 5.81. The predicted octanol–water partition coefficient (Wildman–Crippen LogP) is 3.55. The summed E-state index contributed by atoms with van der Waals surface area (Å²) in [5.41, 5.74) is 1.61. The number of amides is 1. The van der Waals surface area contributed by atoms with Crippen LogP contribution in [0.15, 0.2) is 53.3 Å². The Morgan fingerprint density at radius 2 is 1.73 bits per heavy atom. The molecular weight excluding hydrogens is 442 g/mol. The maximum atomic E-state index is 13.4. The lowest BCUT2D eigenvalue weighted by atomic mass is 10.0. The lowest BCUT2D eigenvalue weighted by Crippen LogP contribution is -2.49. The molecule has 0 atom stereocenters. The molecular formula is C23H22ClN7O2. The minimum absolute atomic E-state index is 0.111. The molecule has 1 aliphatic rings. The molecule has 0 radical (unpaired) electrons. The Labute approximate surface area is 195 Å². The first-order valence-electron chi connectivity index (χ1n) is 10.6. The fraction of sp³-hybridized carbons (Fsp3) is 0.261. The van der Waals surface area contributed by atoms with E-state index in [1.54, 1.807) is 19.2 Å². The fourth-order valence-electron chi connectivity index (χ4n) is 3.99. The minimum Gasteiger partial charge on any atom is -0.360 e. The van der Waals surface area contributed by atoms with Gasteiger partial charge in [0.1, 0.15) is 22.8 Å². The molecule has 1 saturated heterocycles. The van der Waals surface area contributed by atoms with E-state index in [2.05, 4.69) is 25.2 Å². The molecule has 4 aromatic rings. The van der Waals surface area contributed by atoms with Gasteiger partial charge in [-0.3, -0.25) is 9.36 Å². The summed E-state index contributed by atoms with van der Waals surface area (Å²) in [5.74, 6) is 2.72. The van der Waals surface area contributed by atoms with Gasteiger partial charge in [-0.05, 0) is 32.0 Å². The van der Waals surface area contributed by atoms with Crippen molar-refractivity contribution in [1.82, 2.24) is 29.8 Å². The van der Waals surface area contributed by atoms with Gasteiger partial charge in [0.15, 0.2) is 11.6 Å². The Balaban J connectivity index is 1.29. The van der Waals surface area contributed by atoms with E-state index in [1.165, 1.54) is 0 Å². The van der Waals surface area contributed by atoms with Crippen LogP contribution in [0.4, 0.5) is 5.82 Å². The number of aromatic nitrogens is 5. The zero-order valence-electron chi connectivity index (χ0n) is 18.3. The molecule has 1 aliphatic heterocycles. The Bertz CT molecular complexity index is 1290. The molecule has 9 nitrogen and oxygen atoms in total. The van der Waals surface area contributed by atoms with Gasteiger partial charge in [0.25, 0.3) is 5.91 Å². The van der Waals surface area contributed by atoms with E-state index >= 15 is 0 Å². The van der Waals surface area contributed by atoms with Crippen LogP contribution in [-0.2, 0) is 0 Å². The van der Waals surface area contributed by atoms with Crippen molar-refractivity contribution < 1.29 is 9.32 Å². The first-order chi connectivity index (χ1) is 16.0. The molecule has 1 fully saturated rings. The van der Waals surface area contributed by atoms with Gasteiger partial charge in [0.2, 0.25) is 0 Å². The van der Waals surface area contributed by atoms with Gasteiger partial charge in [-0.25, -0.2) is 4.98 Å². The Morgan fingerprint density at radius 1 is 1.00 bits per heavy atom. The summed E-state index contributed by atoms with van der Waals surface area (Å²) in [6, 6.07) is 11.2. The number of benzene rings is 1. The molecule has 0 saturated carbocycles. The average molecular weight is 464 g/mol. The van der Waals surface area contributed by atoms with Crippen molar-refractivity contribution in [3.05, 3.63) is 71.0 Å². The molecule has 5 rings (SSSR count). The quantitative estimate of drug-likeness (QED) is 0.457. The van der Waals surface area contributed by atoms with Crippen molar-refractivity contribution in [2.45, 2.75) is 13.8 Å². The maximum absolute atomic E-state index is 13.4. The third-order valence-corrected chi connectivity index (χ3v) is 6.13. The highest BCUT2D eigenvalue weighted by Gasteiger charge is 2.29. The lowest BCUT2D eigenvalue weighted by Gasteiger charge is -2.35. The van der Waals surface area contributed by atoms with E-state index in [0.29, 0.717) is 53.8 Å². The second kappa shape index (κ2) is 8.67. The van der Waals surface area contributed by atoms with Crippen LogP contribution >= 0.6 is 11.6 Å². The summed E-state index contributed by atoms with van der Waals surface area (Å²) in [6.45, 7) is 6.06. The van der Waals surface area contributed by atoms with Gasteiger partial charge in [-0.1, -0.05) is 35.0 Å². The van der Waals surface area contributed by atoms with Gasteiger partial charge in [-0.15, -0.1) is 10.2 Å². The molecule has 0 bridgehead atoms. The summed E-state index contributed by atoms with van der Waals surface area (Å²) in [7, 11) is 0. The summed E-state index contributed by atoms with van der Waals surface area (Å²) >= 11 is 6.34. The molecule has 1 aromatic carbocycles. The van der Waals surface area contributed by atoms with Crippen molar-refractivity contribution in [3.8, 4) is 17.1 Å². The summed E-state index contributed by atoms with van der Waals surface area (Å²) in [5, 5.41) is 13.4. The van der Waals surface area contributed by atoms with Crippen molar-refractivity contribution in [2.75, 3.05) is 31.1 Å². The molecule has 3 aromatic heterocycles. The largest absolute Gasteiger partial charge is 0.360 e. The van der Waals surface area contributed by atoms with E-state index in [4.69, 9.17) is 16.1 Å². The number of hydrogen-bond donors (Lipinski definition) is 0. The van der Waals surface area contributed by atoms with E-state index in [9.17, 15) is 4.79 Å². The van der Waals surface area contributed by atoms with Crippen LogP contribution in [0.25, 0.3) is 17.1 Å². The zero-order chi connectivity index (χ0) is 22.9. The summed E-state index contributed by atoms with van der Waals surface area (Å²) < 4.78 is 7.25. The first kappa shape index (κ1) is 21.1. The van der Waals surface area contributed by atoms with Crippen LogP contribution in [0.5, 0.6) is 0 Å². The first-order valence-corrected chi connectivity index (χ1v) is 11.0. The lowest BCUT2D eigenvalue weighted by molar-refractivity contribution is 0.0745. The molecule has 1 amide bonds. The monoisotopic (exact) mass is 463 g/mol. The molecule has 0 spiro atoms. The highest BCUT2D eigenvalue weighted by atomic mass is 35.5. The van der Waals surface area contributed by atoms with Crippen molar-refractivity contribution in [1.29, 1.82) is 0 Å². The van der Waals surface area contributed by atoms with Crippen LogP contribution in [0.2, 0.25) is 5.02 Å². The predicted molar refractivity (Wildman–Crippen MR) is 124 cm³/mol. The fourth-order valence-corrected chi connectivity index (χ4v) is 4.22. The number of rotatable bonds is 4. The standard InChI is InChI=1S/C23H22ClN7O2/c1-15-21(22(28-33-15)17-5-3-4-6-18(17)24)23(32)30-13-11-29(12-14-30)19-7-8-20(27-26-19)31-10-9-25-16(31)2/h3-10H,11-14H2,1-2H3. The highest BCUT2D eigenvalue weighted by Crippen LogP contribution is 2.32. The van der Waals surface area contributed by atoms with Crippen molar-refractivity contribution in [3.63, 3.8) is 0 Å². The number of nitrogens with zero attached hydrogens (tertiary/aromatic N) is 7. The molecule has 4 heterocycles. The second-order valence-corrected chi connectivity index (χ2v) is 8.22. The number of hydrogen-bond acceptors (Lipinski definition) is 7. The van der Waals surface area contributed by atoms with Crippen LogP contribution in [-0.4, -0.2) is 61.9 Å². The molecule has 168 valence electrons. The Morgan fingerprint density at radius 3 is 2.39 bits per heavy atom. The number of anilines is 1. The van der Waals surface area contributed by atoms with Crippen molar-refractivity contribution >= 4 is 23.3 Å². The number of carbonyl (C=O) groups excluding carboxylic acids is 1. The maximum Gasteiger partial charge on any atom is 0.259 e. The minimum atomic E-state index is -0.111. The number of piperazine rings is 1. The van der Waals surface area contributed by atoms with E-state index < -0.39 is 0 Å². The summed E-state index contributed by atoms with van der Waals surface area (Å²) in [6.07, 6.45) is 3.59. The average Bonchev–Trinajstić information content (AvgIpc) is 3.44. The molecule has 10 heteroatoms. The SMILES string of the molecule is Cc1onc(-c2ccccc2Cl)c1C(=O)N1CCN(c2ccc(-n3ccnc3C)nn2)CC1. The smallest absolute Gasteiger partial charge is 0.259 e. The van der Waals surface area contributed by atoms with Gasteiger partial charge < -0.3 is 14.3 Å². The van der Waals surface area contributed by atoms with Crippen LogP contribution in [0, 0.1) is 13.8 Å². The third kappa shape index (κ3) is 3.95. The van der Waals surface area contributed by atoms with Gasteiger partial charge in [-0.2, -0.15) is 0 Å². The van der Waals surface area contributed by atoms with Gasteiger partial charge >= 0.3 is 0 Å². The summed E-state index contributed by atoms with van der Waals surface area (Å²) in [4.78, 5) is 21.5. The number of aryl methyl sites for hydroxylation is 2. The normalized spacial score (nSPS) is 14.0. The van der Waals surface area contributed by atoms with E-state index in [0.717, 1.165) is 17.5 Å². The van der Waals surface area contributed by atoms with E-state index in [-0.39, 0.29) is 5.91 Å². The molecule has 0 N–H and O–H groups in total. The van der Waals surface area contributed by atoms with Crippen LogP contribution in [0.3, 0.4) is 0 Å². The van der Waals surface area contributed by atoms with E-state index in [1.807, 2.05) is 52.9 Å². The number of imidazole rings is 1. The van der Waals surface area contributed by atoms with Gasteiger partial charge in [0, 0.05) is 44.1 Å². The topological polar surface area (TPSA) is 93.2 Å². The molecule has 33 heavy (non-hydrogen) atoms. The molecule has 0 unspecified atom stereocenters. The van der Waals surface area contributed by atoms with Gasteiger partial charge in [0.05, 0.1) is 5.02 Å². The number of halogens is 1. The number of carbonyl (C=O) groups is 1. The highest BCUT2D eigenvalue weighted by molar-refractivity contribution is 6.33. The Hall–Kier alpha value is -3.72. The Kier molecular flexibility index (Phi) is 5.55. The zero-order valence-corrected chi connectivity index (χ0v) is 19.0. The van der Waals surface area contributed by atoms with Crippen LogP contribution < -0.4 is 4.90 Å².